The fourth-order valence-corrected chi connectivity index (χ4v) is 1.59. The maximum absolute atomic E-state index is 6.07. The summed E-state index contributed by atoms with van der Waals surface area (Å²) < 4.78 is 5.38. The summed E-state index contributed by atoms with van der Waals surface area (Å²) in [6.45, 7) is 2.64. The molecule has 1 unspecified atom stereocenters. The number of ether oxygens (including phenoxy) is 1. The van der Waals surface area contributed by atoms with Crippen LogP contribution in [0.3, 0.4) is 0 Å². The number of hydrogen-bond acceptors (Lipinski definition) is 3. The number of nitrogens with zero attached hydrogens (tertiary/aromatic N) is 1. The van der Waals surface area contributed by atoms with E-state index in [4.69, 9.17) is 10.5 Å². The predicted octanol–water partition coefficient (Wildman–Crippen LogP) is 1.89. The zero-order chi connectivity index (χ0) is 9.97. The Morgan fingerprint density at radius 2 is 2.36 bits per heavy atom. The van der Waals surface area contributed by atoms with Crippen LogP contribution >= 0.6 is 0 Å². The Balaban J connectivity index is 2.12. The molecule has 0 bridgehead atoms. The lowest BCUT2D eigenvalue weighted by atomic mass is 10.1. The molecule has 76 valence electrons. The first kappa shape index (κ1) is 9.46. The fourth-order valence-electron chi connectivity index (χ4n) is 1.59. The summed E-state index contributed by atoms with van der Waals surface area (Å²) in [4.78, 5) is 4.13. The predicted molar refractivity (Wildman–Crippen MR) is 55.1 cm³/mol. The van der Waals surface area contributed by atoms with E-state index in [1.54, 1.807) is 6.20 Å². The summed E-state index contributed by atoms with van der Waals surface area (Å²) in [5, 5.41) is 0. The number of pyridine rings is 1. The Hall–Kier alpha value is -1.09. The van der Waals surface area contributed by atoms with E-state index in [-0.39, 0.29) is 6.04 Å². The third-order valence-corrected chi connectivity index (χ3v) is 2.56. The van der Waals surface area contributed by atoms with Gasteiger partial charge in [0.25, 0.3) is 0 Å². The molecule has 1 atom stereocenters. The van der Waals surface area contributed by atoms with Gasteiger partial charge in [-0.05, 0) is 37.3 Å². The lowest BCUT2D eigenvalue weighted by Crippen LogP contribution is -2.12. The summed E-state index contributed by atoms with van der Waals surface area (Å²) in [6, 6.07) is 2.14. The van der Waals surface area contributed by atoms with Gasteiger partial charge in [0.05, 0.1) is 12.8 Å². The Morgan fingerprint density at radius 3 is 3.00 bits per heavy atom. The zero-order valence-electron chi connectivity index (χ0n) is 8.44. The number of hydrogen-bond donors (Lipinski definition) is 1. The molecule has 0 aliphatic heterocycles. The second-order valence-corrected chi connectivity index (χ2v) is 3.75. The first-order valence-corrected chi connectivity index (χ1v) is 5.14. The molecule has 1 heterocycles. The third-order valence-electron chi connectivity index (χ3n) is 2.56. The van der Waals surface area contributed by atoms with Gasteiger partial charge < -0.3 is 10.5 Å². The quantitative estimate of drug-likeness (QED) is 0.792. The van der Waals surface area contributed by atoms with Crippen molar-refractivity contribution in [3.63, 3.8) is 0 Å². The lowest BCUT2D eigenvalue weighted by molar-refractivity contribution is 0.338. The van der Waals surface area contributed by atoms with Crippen molar-refractivity contribution in [3.05, 3.63) is 24.0 Å². The molecule has 1 aromatic rings. The molecule has 2 N–H and O–H groups in total. The molecule has 1 saturated carbocycles. The van der Waals surface area contributed by atoms with Crippen LogP contribution in [0.2, 0.25) is 0 Å². The minimum Gasteiger partial charge on any atom is -0.492 e. The van der Waals surface area contributed by atoms with Crippen molar-refractivity contribution in [2.45, 2.75) is 25.8 Å². The third kappa shape index (κ3) is 2.04. The summed E-state index contributed by atoms with van der Waals surface area (Å²) in [6.07, 6.45) is 6.07. The number of aromatic nitrogens is 1. The molecule has 1 aliphatic rings. The average Bonchev–Trinajstić information content (AvgIpc) is 3.01. The Bertz CT molecular complexity index is 310. The number of nitrogens with two attached hydrogens (primary N) is 1. The van der Waals surface area contributed by atoms with E-state index in [0.717, 1.165) is 11.3 Å². The molecule has 1 aromatic heterocycles. The van der Waals surface area contributed by atoms with Gasteiger partial charge in [-0.25, -0.2) is 0 Å². The van der Waals surface area contributed by atoms with Gasteiger partial charge in [-0.1, -0.05) is 0 Å². The van der Waals surface area contributed by atoms with Crippen molar-refractivity contribution in [2.24, 2.45) is 11.7 Å². The van der Waals surface area contributed by atoms with Crippen molar-refractivity contribution in [1.82, 2.24) is 4.98 Å². The molecule has 0 amide bonds. The van der Waals surface area contributed by atoms with Gasteiger partial charge in [0.2, 0.25) is 0 Å². The highest BCUT2D eigenvalue weighted by molar-refractivity contribution is 5.26. The Labute approximate surface area is 84.3 Å². The monoisotopic (exact) mass is 192 g/mol. The summed E-state index contributed by atoms with van der Waals surface area (Å²) in [5.41, 5.74) is 7.17. The molecule has 0 aromatic carbocycles. The SMILES string of the molecule is CCOc1cncc(C(N)C2CC2)c1. The second-order valence-electron chi connectivity index (χ2n) is 3.75. The lowest BCUT2D eigenvalue weighted by Gasteiger charge is -2.11. The molecule has 0 saturated heterocycles. The van der Waals surface area contributed by atoms with Crippen molar-refractivity contribution in [1.29, 1.82) is 0 Å². The van der Waals surface area contributed by atoms with Crippen LogP contribution in [0.25, 0.3) is 0 Å². The van der Waals surface area contributed by atoms with Crippen molar-refractivity contribution >= 4 is 0 Å². The van der Waals surface area contributed by atoms with Gasteiger partial charge in [-0.2, -0.15) is 0 Å². The van der Waals surface area contributed by atoms with E-state index in [2.05, 4.69) is 4.98 Å². The van der Waals surface area contributed by atoms with Crippen LogP contribution in [0.4, 0.5) is 0 Å². The highest BCUT2D eigenvalue weighted by Gasteiger charge is 2.29. The van der Waals surface area contributed by atoms with Gasteiger partial charge in [0.15, 0.2) is 0 Å². The maximum atomic E-state index is 6.07. The molecule has 1 aliphatic carbocycles. The van der Waals surface area contributed by atoms with E-state index in [1.807, 2.05) is 19.2 Å². The van der Waals surface area contributed by atoms with Crippen molar-refractivity contribution in [2.75, 3.05) is 6.61 Å². The van der Waals surface area contributed by atoms with E-state index in [0.29, 0.717) is 12.5 Å². The number of rotatable bonds is 4. The second kappa shape index (κ2) is 3.96. The van der Waals surface area contributed by atoms with Crippen LogP contribution < -0.4 is 10.5 Å². The normalized spacial score (nSPS) is 17.9. The van der Waals surface area contributed by atoms with Crippen LogP contribution in [-0.4, -0.2) is 11.6 Å². The highest BCUT2D eigenvalue weighted by Crippen LogP contribution is 2.39. The summed E-state index contributed by atoms with van der Waals surface area (Å²) in [7, 11) is 0. The largest absolute Gasteiger partial charge is 0.492 e. The van der Waals surface area contributed by atoms with Gasteiger partial charge in [0, 0.05) is 12.2 Å². The highest BCUT2D eigenvalue weighted by atomic mass is 16.5. The fraction of sp³-hybridized carbons (Fsp3) is 0.545. The Morgan fingerprint density at radius 1 is 1.57 bits per heavy atom. The standard InChI is InChI=1S/C11H16N2O/c1-2-14-10-5-9(6-13-7-10)11(12)8-3-4-8/h5-8,11H,2-4,12H2,1H3. The maximum Gasteiger partial charge on any atom is 0.137 e. The molecule has 14 heavy (non-hydrogen) atoms. The van der Waals surface area contributed by atoms with Gasteiger partial charge >= 0.3 is 0 Å². The smallest absolute Gasteiger partial charge is 0.137 e. The molecule has 0 radical (unpaired) electrons. The van der Waals surface area contributed by atoms with E-state index in [1.165, 1.54) is 12.8 Å². The molecular weight excluding hydrogens is 176 g/mol. The minimum absolute atomic E-state index is 0.142. The van der Waals surface area contributed by atoms with Crippen LogP contribution in [0.15, 0.2) is 18.5 Å². The minimum atomic E-state index is 0.142. The van der Waals surface area contributed by atoms with E-state index < -0.39 is 0 Å². The van der Waals surface area contributed by atoms with E-state index >= 15 is 0 Å². The van der Waals surface area contributed by atoms with Crippen molar-refractivity contribution < 1.29 is 4.74 Å². The molecule has 2 rings (SSSR count). The van der Waals surface area contributed by atoms with Gasteiger partial charge in [-0.3, -0.25) is 4.98 Å². The van der Waals surface area contributed by atoms with Crippen molar-refractivity contribution in [3.8, 4) is 5.75 Å². The van der Waals surface area contributed by atoms with Crippen LogP contribution in [0.1, 0.15) is 31.4 Å². The first-order chi connectivity index (χ1) is 6.81. The van der Waals surface area contributed by atoms with Gasteiger partial charge in [-0.15, -0.1) is 0 Å². The molecule has 0 spiro atoms. The topological polar surface area (TPSA) is 48.1 Å². The zero-order valence-corrected chi connectivity index (χ0v) is 8.44. The summed E-state index contributed by atoms with van der Waals surface area (Å²) >= 11 is 0. The van der Waals surface area contributed by atoms with Crippen LogP contribution in [0.5, 0.6) is 5.75 Å². The van der Waals surface area contributed by atoms with Crippen LogP contribution in [0, 0.1) is 5.92 Å². The van der Waals surface area contributed by atoms with Gasteiger partial charge in [0.1, 0.15) is 5.75 Å². The first-order valence-electron chi connectivity index (χ1n) is 5.14. The van der Waals surface area contributed by atoms with E-state index in [9.17, 15) is 0 Å². The Kier molecular flexibility index (Phi) is 2.68. The average molecular weight is 192 g/mol. The molecule has 3 heteroatoms. The van der Waals surface area contributed by atoms with Crippen LogP contribution in [-0.2, 0) is 0 Å². The molecular formula is C11H16N2O. The molecule has 3 nitrogen and oxygen atoms in total. The molecule has 1 fully saturated rings. The summed E-state index contributed by atoms with van der Waals surface area (Å²) in [5.74, 6) is 1.48.